The van der Waals surface area contributed by atoms with Crippen LogP contribution in [0.25, 0.3) is 111 Å². The highest BCUT2D eigenvalue weighted by Gasteiger charge is 2.26. The van der Waals surface area contributed by atoms with E-state index in [0.717, 1.165) is 0 Å². The molecule has 318 valence electrons. The molecule has 2 nitrogen and oxygen atoms in total. The molecular formula is C60H47B7N2. The molecule has 0 saturated carbocycles. The molecule has 69 heavy (non-hydrogen) atoms. The summed E-state index contributed by atoms with van der Waals surface area (Å²) in [4.78, 5) is 0. The maximum atomic E-state index is 2.58. The number of hydrogen-bond acceptors (Lipinski definition) is 0. The van der Waals surface area contributed by atoms with Crippen molar-refractivity contribution in [3.05, 3.63) is 200 Å². The van der Waals surface area contributed by atoms with Crippen LogP contribution in [0.4, 0.5) is 0 Å². The van der Waals surface area contributed by atoms with Crippen LogP contribution in [-0.2, 0) is 0 Å². The third kappa shape index (κ3) is 6.73. The largest absolute Gasteiger partial charge is 0.310 e. The Labute approximate surface area is 410 Å². The Morgan fingerprint density at radius 2 is 0.768 bits per heavy atom. The van der Waals surface area contributed by atoms with Crippen molar-refractivity contribution in [2.45, 2.75) is 0 Å². The summed E-state index contributed by atoms with van der Waals surface area (Å²) in [6.07, 6.45) is 0. The van der Waals surface area contributed by atoms with E-state index in [1.54, 1.807) is 0 Å². The van der Waals surface area contributed by atoms with Crippen LogP contribution in [0.3, 0.4) is 0 Å². The molecule has 0 unspecified atom stereocenters. The normalized spacial score (nSPS) is 11.6. The number of para-hydroxylation sites is 1. The predicted molar refractivity (Wildman–Crippen MR) is 320 cm³/mol. The predicted octanol–water partition coefficient (Wildman–Crippen LogP) is 4.02. The van der Waals surface area contributed by atoms with E-state index >= 15 is 0 Å². The number of fused-ring (bicyclic) bond motifs is 6. The molecular weight excluding hydrogens is 824 g/mol. The molecule has 12 aromatic rings. The monoisotopic (exact) mass is 872 g/mol. The fraction of sp³-hybridized carbons (Fsp3) is 0. The first-order valence-corrected chi connectivity index (χ1v) is 24.3. The molecule has 0 aliphatic heterocycles. The fourth-order valence-electron chi connectivity index (χ4n) is 11.6. The third-order valence-corrected chi connectivity index (χ3v) is 15.5. The second-order valence-corrected chi connectivity index (χ2v) is 19.0. The first kappa shape index (κ1) is 42.6. The highest BCUT2D eigenvalue weighted by atomic mass is 15.0. The van der Waals surface area contributed by atoms with Crippen molar-refractivity contribution in [3.8, 4) is 67.0 Å². The van der Waals surface area contributed by atoms with Gasteiger partial charge >= 0.3 is 0 Å². The van der Waals surface area contributed by atoms with Gasteiger partial charge in [0.15, 0.2) is 0 Å². The third-order valence-electron chi connectivity index (χ3n) is 15.5. The average molecular weight is 872 g/mol. The lowest BCUT2D eigenvalue weighted by atomic mass is 9.64. The zero-order valence-corrected chi connectivity index (χ0v) is 40.4. The smallest absolute Gasteiger partial charge is 0.141 e. The maximum Gasteiger partial charge on any atom is 0.141 e. The lowest BCUT2D eigenvalue weighted by molar-refractivity contribution is 1.18. The molecule has 0 amide bonds. The van der Waals surface area contributed by atoms with E-state index in [4.69, 9.17) is 0 Å². The average Bonchev–Trinajstić information content (AvgIpc) is 3.94. The minimum atomic E-state index is 1.17. The van der Waals surface area contributed by atoms with Gasteiger partial charge in [-0.15, -0.1) is 5.46 Å². The number of aromatic nitrogens is 2. The molecule has 0 fully saturated rings. The van der Waals surface area contributed by atoms with Gasteiger partial charge in [0.25, 0.3) is 0 Å². The van der Waals surface area contributed by atoms with Crippen molar-refractivity contribution < 1.29 is 0 Å². The summed E-state index contributed by atoms with van der Waals surface area (Å²) >= 11 is 0. The van der Waals surface area contributed by atoms with Gasteiger partial charge in [0.1, 0.15) is 54.9 Å². The van der Waals surface area contributed by atoms with Crippen molar-refractivity contribution in [1.29, 1.82) is 0 Å². The van der Waals surface area contributed by atoms with Gasteiger partial charge in [-0.2, -0.15) is 0 Å². The Morgan fingerprint density at radius 1 is 0.275 bits per heavy atom. The van der Waals surface area contributed by atoms with E-state index < -0.39 is 0 Å². The lowest BCUT2D eigenvalue weighted by Gasteiger charge is -2.19. The Kier molecular flexibility index (Phi) is 10.4. The van der Waals surface area contributed by atoms with Gasteiger partial charge < -0.3 is 9.13 Å². The van der Waals surface area contributed by atoms with Crippen LogP contribution in [0.1, 0.15) is 0 Å². The summed E-state index contributed by atoms with van der Waals surface area (Å²) in [5.74, 6) is 0. The number of rotatable bonds is 7. The minimum Gasteiger partial charge on any atom is -0.310 e. The summed E-state index contributed by atoms with van der Waals surface area (Å²) in [6.45, 7) is 0. The molecule has 2 heterocycles. The zero-order valence-electron chi connectivity index (χ0n) is 40.4. The summed E-state index contributed by atoms with van der Waals surface area (Å²) in [7, 11) is 16.3. The molecule has 0 spiro atoms. The standard InChI is InChI=1S/C60H47B7N2/c61-52-48(40-28-31-46-44(33-40)49-43(37-18-8-3-9-19-37)23-13-25-47(49)69(46)45-24-11-10-22-42(45)36-16-6-2-7-17-36)53(62)57(66)59-50(52)51-54(63)55(64)56(65)58(67)60(51)68(59)41-29-26-35(27-30-41)39-21-12-20-38(32-39)34-14-4-1-5-15-34/h1-33H,61-67H2. The van der Waals surface area contributed by atoms with Crippen molar-refractivity contribution in [2.75, 3.05) is 0 Å². The summed E-state index contributed by atoms with van der Waals surface area (Å²) in [5.41, 5.74) is 29.0. The highest BCUT2D eigenvalue weighted by Crippen LogP contribution is 2.42. The second kappa shape index (κ2) is 16.8. The quantitative estimate of drug-likeness (QED) is 0.215. The van der Waals surface area contributed by atoms with Gasteiger partial charge in [-0.25, -0.2) is 0 Å². The van der Waals surface area contributed by atoms with Gasteiger partial charge in [-0.1, -0.05) is 191 Å². The Hall–Kier alpha value is -7.75. The first-order valence-electron chi connectivity index (χ1n) is 24.3. The molecule has 0 saturated heterocycles. The van der Waals surface area contributed by atoms with Crippen LogP contribution in [0.15, 0.2) is 200 Å². The van der Waals surface area contributed by atoms with Crippen molar-refractivity contribution >= 4 is 137 Å². The first-order chi connectivity index (χ1) is 33.7. The van der Waals surface area contributed by atoms with Crippen LogP contribution in [0, 0.1) is 0 Å². The molecule has 0 atom stereocenters. The van der Waals surface area contributed by atoms with Crippen LogP contribution in [0.2, 0.25) is 0 Å². The zero-order chi connectivity index (χ0) is 47.1. The van der Waals surface area contributed by atoms with Gasteiger partial charge in [0, 0.05) is 38.4 Å². The minimum absolute atomic E-state index is 1.17. The fourth-order valence-corrected chi connectivity index (χ4v) is 11.6. The molecule has 9 heteroatoms. The number of benzene rings is 10. The second-order valence-electron chi connectivity index (χ2n) is 19.0. The lowest BCUT2D eigenvalue weighted by Crippen LogP contribution is -2.48. The molecule has 0 N–H and O–H groups in total. The maximum absolute atomic E-state index is 2.58. The summed E-state index contributed by atoms with van der Waals surface area (Å²) < 4.78 is 5.07. The SMILES string of the molecule is Bc1c(B)c(B)c2c(c1B)c1c(B)c(-c3ccc4c(c3)c3c(-c5ccccc5)cccc3n4-c3ccccc3-c3ccccc3)c(B)c(B)c1n2-c1ccc(-c2cccc(-c3ccccc3)c2)cc1. The van der Waals surface area contributed by atoms with E-state index in [2.05, 4.69) is 264 Å². The van der Waals surface area contributed by atoms with Crippen LogP contribution in [-0.4, -0.2) is 64.1 Å². The van der Waals surface area contributed by atoms with Gasteiger partial charge in [-0.05, 0) is 97.9 Å². The molecule has 0 bridgehead atoms. The highest BCUT2D eigenvalue weighted by molar-refractivity contribution is 6.69. The van der Waals surface area contributed by atoms with E-state index in [1.165, 1.54) is 149 Å². The summed E-state index contributed by atoms with van der Waals surface area (Å²) in [5, 5.41) is 5.21. The Bertz CT molecular complexity index is 4010. The van der Waals surface area contributed by atoms with E-state index in [9.17, 15) is 0 Å². The topological polar surface area (TPSA) is 9.86 Å². The van der Waals surface area contributed by atoms with Gasteiger partial charge in [-0.3, -0.25) is 0 Å². The Morgan fingerprint density at radius 3 is 1.43 bits per heavy atom. The van der Waals surface area contributed by atoms with Crippen molar-refractivity contribution in [2.24, 2.45) is 0 Å². The molecule has 10 aromatic carbocycles. The number of hydrogen-bond donors (Lipinski definition) is 0. The van der Waals surface area contributed by atoms with Crippen molar-refractivity contribution in [3.63, 3.8) is 0 Å². The molecule has 0 aliphatic rings. The van der Waals surface area contributed by atoms with Gasteiger partial charge in [0.05, 0.1) is 16.7 Å². The van der Waals surface area contributed by atoms with Crippen LogP contribution < -0.4 is 38.2 Å². The Balaban J connectivity index is 1.10. The van der Waals surface area contributed by atoms with E-state index in [1.807, 2.05) is 0 Å². The van der Waals surface area contributed by atoms with Crippen LogP contribution in [0.5, 0.6) is 0 Å². The van der Waals surface area contributed by atoms with Crippen molar-refractivity contribution in [1.82, 2.24) is 9.13 Å². The van der Waals surface area contributed by atoms with E-state index in [0.29, 0.717) is 0 Å². The molecule has 12 rings (SSSR count). The van der Waals surface area contributed by atoms with Gasteiger partial charge in [0.2, 0.25) is 0 Å². The molecule has 0 radical (unpaired) electrons. The van der Waals surface area contributed by atoms with Crippen LogP contribution >= 0.6 is 0 Å². The van der Waals surface area contributed by atoms with E-state index in [-0.39, 0.29) is 0 Å². The summed E-state index contributed by atoms with van der Waals surface area (Å²) in [6, 6.07) is 73.4. The number of nitrogens with zero attached hydrogens (tertiary/aromatic N) is 2. The molecule has 2 aromatic heterocycles. The molecule has 0 aliphatic carbocycles.